The van der Waals surface area contributed by atoms with E-state index in [0.29, 0.717) is 11.5 Å². The fourth-order valence-corrected chi connectivity index (χ4v) is 3.18. The zero-order valence-electron chi connectivity index (χ0n) is 11.9. The smallest absolute Gasteiger partial charge is 0.194 e. The molecule has 1 atom stereocenters. The van der Waals surface area contributed by atoms with E-state index in [1.807, 2.05) is 6.92 Å². The summed E-state index contributed by atoms with van der Waals surface area (Å²) in [4.78, 5) is 0. The van der Waals surface area contributed by atoms with E-state index >= 15 is 0 Å². The van der Waals surface area contributed by atoms with Gasteiger partial charge in [0, 0.05) is 6.04 Å². The summed E-state index contributed by atoms with van der Waals surface area (Å²) in [7, 11) is 0. The lowest BCUT2D eigenvalue weighted by molar-refractivity contribution is 0.326. The van der Waals surface area contributed by atoms with Gasteiger partial charge >= 0.3 is 0 Å². The average molecular weight is 285 g/mol. The first-order chi connectivity index (χ1) is 9.63. The third-order valence-corrected chi connectivity index (χ3v) is 4.16. The Morgan fingerprint density at radius 3 is 2.10 bits per heavy atom. The average Bonchev–Trinajstić information content (AvgIpc) is 2.70. The molecule has 0 saturated heterocycles. The molecular formula is C16H22F3N. The van der Waals surface area contributed by atoms with Crippen LogP contribution in [0.3, 0.4) is 0 Å². The maximum absolute atomic E-state index is 13.4. The zero-order valence-corrected chi connectivity index (χ0v) is 11.9. The summed E-state index contributed by atoms with van der Waals surface area (Å²) >= 11 is 0. The summed E-state index contributed by atoms with van der Waals surface area (Å²) in [6.07, 6.45) is 6.86. The third kappa shape index (κ3) is 3.54. The molecule has 2 rings (SSSR count). The molecule has 0 aromatic heterocycles. The normalized spacial score (nSPS) is 18.8. The van der Waals surface area contributed by atoms with Gasteiger partial charge in [-0.3, -0.25) is 0 Å². The van der Waals surface area contributed by atoms with Crippen molar-refractivity contribution >= 4 is 0 Å². The van der Waals surface area contributed by atoms with Crippen molar-refractivity contribution in [2.75, 3.05) is 6.54 Å². The van der Waals surface area contributed by atoms with E-state index in [0.717, 1.165) is 44.4 Å². The Hall–Kier alpha value is -1.03. The second-order valence-corrected chi connectivity index (χ2v) is 5.59. The van der Waals surface area contributed by atoms with Crippen LogP contribution in [0.25, 0.3) is 0 Å². The molecular weight excluding hydrogens is 263 g/mol. The molecule has 0 aliphatic heterocycles. The zero-order chi connectivity index (χ0) is 14.5. The van der Waals surface area contributed by atoms with Crippen LogP contribution in [0, 0.1) is 23.4 Å². The Labute approximate surface area is 118 Å². The lowest BCUT2D eigenvalue weighted by Gasteiger charge is -2.27. The highest BCUT2D eigenvalue weighted by Crippen LogP contribution is 2.34. The highest BCUT2D eigenvalue weighted by atomic mass is 19.2. The lowest BCUT2D eigenvalue weighted by atomic mass is 9.87. The SMILES string of the molecule is CCNC(c1cc(F)c(F)c(F)c1)C1CCCCCC1. The molecule has 0 amide bonds. The van der Waals surface area contributed by atoms with Crippen LogP contribution >= 0.6 is 0 Å². The Morgan fingerprint density at radius 1 is 1.05 bits per heavy atom. The van der Waals surface area contributed by atoms with Crippen LogP contribution in [-0.2, 0) is 0 Å². The van der Waals surface area contributed by atoms with Gasteiger partial charge in [-0.05, 0) is 43.0 Å². The van der Waals surface area contributed by atoms with Gasteiger partial charge in [0.15, 0.2) is 17.5 Å². The monoisotopic (exact) mass is 285 g/mol. The predicted octanol–water partition coefficient (Wildman–Crippen LogP) is 4.72. The second kappa shape index (κ2) is 7.11. The molecule has 4 heteroatoms. The Balaban J connectivity index is 2.27. The lowest BCUT2D eigenvalue weighted by Crippen LogP contribution is -2.28. The molecule has 1 unspecified atom stereocenters. The van der Waals surface area contributed by atoms with Crippen LogP contribution in [0.5, 0.6) is 0 Å². The summed E-state index contributed by atoms with van der Waals surface area (Å²) in [6.45, 7) is 2.70. The Kier molecular flexibility index (Phi) is 5.46. The number of halogens is 3. The molecule has 20 heavy (non-hydrogen) atoms. The van der Waals surface area contributed by atoms with Crippen molar-refractivity contribution in [1.82, 2.24) is 5.32 Å². The largest absolute Gasteiger partial charge is 0.310 e. The topological polar surface area (TPSA) is 12.0 Å². The number of nitrogens with one attached hydrogen (secondary N) is 1. The van der Waals surface area contributed by atoms with Crippen molar-refractivity contribution in [2.24, 2.45) is 5.92 Å². The molecule has 0 spiro atoms. The van der Waals surface area contributed by atoms with Crippen molar-refractivity contribution < 1.29 is 13.2 Å². The number of hydrogen-bond donors (Lipinski definition) is 1. The summed E-state index contributed by atoms with van der Waals surface area (Å²) in [5, 5.41) is 3.31. The Morgan fingerprint density at radius 2 is 1.60 bits per heavy atom. The minimum atomic E-state index is -1.38. The van der Waals surface area contributed by atoms with Crippen LogP contribution in [-0.4, -0.2) is 6.54 Å². The Bertz CT molecular complexity index is 416. The first-order valence-electron chi connectivity index (χ1n) is 7.51. The molecule has 0 heterocycles. The van der Waals surface area contributed by atoms with E-state index in [1.54, 1.807) is 0 Å². The molecule has 1 aromatic rings. The van der Waals surface area contributed by atoms with Crippen LogP contribution in [0.1, 0.15) is 57.1 Å². The van der Waals surface area contributed by atoms with Gasteiger partial charge in [0.25, 0.3) is 0 Å². The number of rotatable bonds is 4. The molecule has 1 aliphatic rings. The number of benzene rings is 1. The fourth-order valence-electron chi connectivity index (χ4n) is 3.18. The van der Waals surface area contributed by atoms with Crippen molar-refractivity contribution in [2.45, 2.75) is 51.5 Å². The van der Waals surface area contributed by atoms with Gasteiger partial charge in [-0.2, -0.15) is 0 Å². The van der Waals surface area contributed by atoms with Crippen molar-refractivity contribution in [3.63, 3.8) is 0 Å². The molecule has 0 radical (unpaired) electrons. The molecule has 112 valence electrons. The van der Waals surface area contributed by atoms with Crippen LogP contribution in [0.2, 0.25) is 0 Å². The second-order valence-electron chi connectivity index (χ2n) is 5.59. The van der Waals surface area contributed by atoms with Gasteiger partial charge in [-0.15, -0.1) is 0 Å². The maximum atomic E-state index is 13.4. The van der Waals surface area contributed by atoms with E-state index in [-0.39, 0.29) is 6.04 Å². The fraction of sp³-hybridized carbons (Fsp3) is 0.625. The van der Waals surface area contributed by atoms with Gasteiger partial charge in [0.1, 0.15) is 0 Å². The van der Waals surface area contributed by atoms with E-state index in [9.17, 15) is 13.2 Å². The van der Waals surface area contributed by atoms with E-state index < -0.39 is 17.5 Å². The van der Waals surface area contributed by atoms with Crippen molar-refractivity contribution in [3.8, 4) is 0 Å². The van der Waals surface area contributed by atoms with E-state index in [2.05, 4.69) is 5.32 Å². The first-order valence-corrected chi connectivity index (χ1v) is 7.51. The van der Waals surface area contributed by atoms with Gasteiger partial charge in [-0.1, -0.05) is 32.6 Å². The molecule has 0 bridgehead atoms. The molecule has 1 N–H and O–H groups in total. The number of hydrogen-bond acceptors (Lipinski definition) is 1. The predicted molar refractivity (Wildman–Crippen MR) is 73.9 cm³/mol. The molecule has 1 nitrogen and oxygen atoms in total. The van der Waals surface area contributed by atoms with Crippen LogP contribution in [0.15, 0.2) is 12.1 Å². The molecule has 1 saturated carbocycles. The standard InChI is InChI=1S/C16H22F3N/c1-2-20-16(11-7-5-3-4-6-8-11)12-9-13(17)15(19)14(18)10-12/h9-11,16,20H,2-8H2,1H3. The minimum absolute atomic E-state index is 0.0947. The van der Waals surface area contributed by atoms with E-state index in [4.69, 9.17) is 0 Å². The van der Waals surface area contributed by atoms with Crippen molar-refractivity contribution in [3.05, 3.63) is 35.1 Å². The molecule has 1 fully saturated rings. The summed E-state index contributed by atoms with van der Waals surface area (Å²) in [5.41, 5.74) is 0.523. The first kappa shape index (κ1) is 15.4. The van der Waals surface area contributed by atoms with Gasteiger partial charge in [0.05, 0.1) is 0 Å². The maximum Gasteiger partial charge on any atom is 0.194 e. The third-order valence-electron chi connectivity index (χ3n) is 4.16. The highest BCUT2D eigenvalue weighted by Gasteiger charge is 2.25. The molecule has 1 aliphatic carbocycles. The molecule has 1 aromatic carbocycles. The summed E-state index contributed by atoms with van der Waals surface area (Å²) in [5.74, 6) is -3.22. The van der Waals surface area contributed by atoms with Crippen molar-refractivity contribution in [1.29, 1.82) is 0 Å². The van der Waals surface area contributed by atoms with Gasteiger partial charge < -0.3 is 5.32 Å². The highest BCUT2D eigenvalue weighted by molar-refractivity contribution is 5.23. The quantitative estimate of drug-likeness (QED) is 0.623. The van der Waals surface area contributed by atoms with Gasteiger partial charge in [-0.25, -0.2) is 13.2 Å². The van der Waals surface area contributed by atoms with Gasteiger partial charge in [0.2, 0.25) is 0 Å². The minimum Gasteiger partial charge on any atom is -0.310 e. The summed E-state index contributed by atoms with van der Waals surface area (Å²) < 4.78 is 40.0. The van der Waals surface area contributed by atoms with Crippen LogP contribution in [0.4, 0.5) is 13.2 Å². The van der Waals surface area contributed by atoms with E-state index in [1.165, 1.54) is 12.8 Å². The summed E-state index contributed by atoms with van der Waals surface area (Å²) in [6, 6.07) is 2.18. The van der Waals surface area contributed by atoms with Crippen LogP contribution < -0.4 is 5.32 Å².